The Morgan fingerprint density at radius 1 is 1.54 bits per heavy atom. The Hall–Kier alpha value is -0.980. The summed E-state index contributed by atoms with van der Waals surface area (Å²) in [6.07, 6.45) is -4.97. The Kier molecular flexibility index (Phi) is 2.97. The topological polar surface area (TPSA) is 38.8 Å². The van der Waals surface area contributed by atoms with Crippen LogP contribution in [0, 0.1) is 0 Å². The summed E-state index contributed by atoms with van der Waals surface area (Å²) >= 11 is 0. The van der Waals surface area contributed by atoms with Crippen molar-refractivity contribution < 1.29 is 27.5 Å². The minimum absolute atomic E-state index is 0.274. The average Bonchev–Trinajstić information content (AvgIpc) is 2.50. The Morgan fingerprint density at radius 2 is 2.23 bits per heavy atom. The van der Waals surface area contributed by atoms with Gasteiger partial charge in [-0.25, -0.2) is 4.79 Å². The van der Waals surface area contributed by atoms with Crippen molar-refractivity contribution in [3.63, 3.8) is 0 Å². The van der Waals surface area contributed by atoms with Gasteiger partial charge in [-0.05, 0) is 6.42 Å². The number of halogens is 3. The third-order valence-corrected chi connectivity index (χ3v) is 1.32. The molecule has 0 aromatic rings. The summed E-state index contributed by atoms with van der Waals surface area (Å²) < 4.78 is 38.6. The van der Waals surface area contributed by atoms with Crippen molar-refractivity contribution >= 4 is 6.09 Å². The lowest BCUT2D eigenvalue weighted by atomic mass is 10.5. The van der Waals surface area contributed by atoms with Crippen molar-refractivity contribution in [2.45, 2.75) is 12.6 Å². The molecule has 7 heteroatoms. The van der Waals surface area contributed by atoms with E-state index >= 15 is 0 Å². The number of amides is 1. The van der Waals surface area contributed by atoms with Crippen LogP contribution in [0.4, 0.5) is 18.0 Å². The second-order valence-corrected chi connectivity index (χ2v) is 2.46. The molecule has 1 aliphatic rings. The summed E-state index contributed by atoms with van der Waals surface area (Å²) in [5, 5.41) is 0.783. The lowest BCUT2D eigenvalue weighted by Gasteiger charge is -2.14. The van der Waals surface area contributed by atoms with Gasteiger partial charge >= 0.3 is 12.3 Å². The van der Waals surface area contributed by atoms with Crippen molar-refractivity contribution in [3.8, 4) is 0 Å². The zero-order valence-electron chi connectivity index (χ0n) is 6.63. The SMILES string of the molecule is O=C(OCC(F)(F)F)N1CCCO1. The molecule has 1 saturated heterocycles. The molecule has 0 atom stereocenters. The summed E-state index contributed by atoms with van der Waals surface area (Å²) in [6.45, 7) is -0.969. The Balaban J connectivity index is 2.25. The van der Waals surface area contributed by atoms with Crippen molar-refractivity contribution in [3.05, 3.63) is 0 Å². The van der Waals surface area contributed by atoms with Gasteiger partial charge in [0.05, 0.1) is 13.2 Å². The molecule has 0 unspecified atom stereocenters. The first-order valence-electron chi connectivity index (χ1n) is 3.63. The van der Waals surface area contributed by atoms with Crippen LogP contribution in [0.5, 0.6) is 0 Å². The summed E-state index contributed by atoms with van der Waals surface area (Å²) in [5.41, 5.74) is 0. The van der Waals surface area contributed by atoms with Gasteiger partial charge in [0.15, 0.2) is 6.61 Å². The van der Waals surface area contributed by atoms with Gasteiger partial charge < -0.3 is 4.74 Å². The van der Waals surface area contributed by atoms with E-state index in [1.165, 1.54) is 0 Å². The minimum atomic E-state index is -4.49. The molecule has 0 aromatic carbocycles. The minimum Gasteiger partial charge on any atom is -0.438 e. The van der Waals surface area contributed by atoms with Gasteiger partial charge in [0, 0.05) is 0 Å². The highest BCUT2D eigenvalue weighted by Gasteiger charge is 2.31. The molecule has 13 heavy (non-hydrogen) atoms. The highest BCUT2D eigenvalue weighted by molar-refractivity contribution is 5.66. The average molecular weight is 199 g/mol. The molecule has 0 N–H and O–H groups in total. The van der Waals surface area contributed by atoms with Gasteiger partial charge in [0.25, 0.3) is 0 Å². The van der Waals surface area contributed by atoms with Gasteiger partial charge in [0.2, 0.25) is 0 Å². The standard InChI is InChI=1S/C6H8F3NO3/c7-6(8,9)4-12-5(11)10-2-1-3-13-10/h1-4H2. The van der Waals surface area contributed by atoms with E-state index in [9.17, 15) is 18.0 Å². The molecule has 0 aliphatic carbocycles. The third kappa shape index (κ3) is 3.49. The maximum Gasteiger partial charge on any atom is 0.434 e. The third-order valence-electron chi connectivity index (χ3n) is 1.32. The number of alkyl halides is 3. The number of carbonyl (C=O) groups excluding carboxylic acids is 1. The maximum absolute atomic E-state index is 11.6. The highest BCUT2D eigenvalue weighted by Crippen LogP contribution is 2.15. The summed E-state index contributed by atoms with van der Waals surface area (Å²) in [4.78, 5) is 15.4. The van der Waals surface area contributed by atoms with Gasteiger partial charge in [0.1, 0.15) is 0 Å². The maximum atomic E-state index is 11.6. The van der Waals surface area contributed by atoms with Crippen molar-refractivity contribution in [2.75, 3.05) is 19.8 Å². The first kappa shape index (κ1) is 10.1. The van der Waals surface area contributed by atoms with Gasteiger partial charge in [-0.1, -0.05) is 0 Å². The number of ether oxygens (including phenoxy) is 1. The number of hydrogen-bond acceptors (Lipinski definition) is 3. The van der Waals surface area contributed by atoms with E-state index in [0.717, 1.165) is 5.06 Å². The van der Waals surface area contributed by atoms with Crippen LogP contribution in [-0.2, 0) is 9.57 Å². The molecule has 1 heterocycles. The molecule has 76 valence electrons. The molecular formula is C6H8F3NO3. The number of hydrogen-bond donors (Lipinski definition) is 0. The largest absolute Gasteiger partial charge is 0.438 e. The molecule has 1 fully saturated rings. The molecule has 1 aliphatic heterocycles. The van der Waals surface area contributed by atoms with Crippen LogP contribution in [0.2, 0.25) is 0 Å². The Labute approximate surface area is 72.2 Å². The van der Waals surface area contributed by atoms with Crippen molar-refractivity contribution in [1.82, 2.24) is 5.06 Å². The van der Waals surface area contributed by atoms with Crippen LogP contribution in [-0.4, -0.2) is 37.1 Å². The van der Waals surface area contributed by atoms with E-state index in [2.05, 4.69) is 9.57 Å². The van der Waals surface area contributed by atoms with E-state index in [-0.39, 0.29) is 6.54 Å². The number of rotatable bonds is 1. The highest BCUT2D eigenvalue weighted by atomic mass is 19.4. The zero-order chi connectivity index (χ0) is 9.90. The van der Waals surface area contributed by atoms with E-state index in [0.29, 0.717) is 13.0 Å². The smallest absolute Gasteiger partial charge is 0.434 e. The zero-order valence-corrected chi connectivity index (χ0v) is 6.63. The van der Waals surface area contributed by atoms with Crippen molar-refractivity contribution in [1.29, 1.82) is 0 Å². The molecule has 0 spiro atoms. The van der Waals surface area contributed by atoms with Gasteiger partial charge in [-0.2, -0.15) is 18.2 Å². The van der Waals surface area contributed by atoms with Crippen LogP contribution in [0.25, 0.3) is 0 Å². The lowest BCUT2D eigenvalue weighted by Crippen LogP contribution is -2.30. The fourth-order valence-corrected chi connectivity index (χ4v) is 0.807. The molecule has 0 bridgehead atoms. The van der Waals surface area contributed by atoms with Crippen LogP contribution >= 0.6 is 0 Å². The van der Waals surface area contributed by atoms with E-state index in [1.54, 1.807) is 0 Å². The molecule has 0 radical (unpaired) electrons. The first-order chi connectivity index (χ1) is 5.99. The van der Waals surface area contributed by atoms with E-state index in [4.69, 9.17) is 0 Å². The van der Waals surface area contributed by atoms with Crippen LogP contribution in [0.3, 0.4) is 0 Å². The monoisotopic (exact) mass is 199 g/mol. The van der Waals surface area contributed by atoms with Crippen LogP contribution in [0.15, 0.2) is 0 Å². The van der Waals surface area contributed by atoms with Gasteiger partial charge in [-0.15, -0.1) is 0 Å². The summed E-state index contributed by atoms with van der Waals surface area (Å²) in [5.74, 6) is 0. The second-order valence-electron chi connectivity index (χ2n) is 2.46. The number of hydroxylamine groups is 2. The molecule has 0 aromatic heterocycles. The number of nitrogens with zero attached hydrogens (tertiary/aromatic N) is 1. The second kappa shape index (κ2) is 3.82. The Morgan fingerprint density at radius 3 is 2.69 bits per heavy atom. The van der Waals surface area contributed by atoms with Crippen LogP contribution in [0.1, 0.15) is 6.42 Å². The molecule has 1 rings (SSSR count). The molecule has 1 amide bonds. The lowest BCUT2D eigenvalue weighted by molar-refractivity contribution is -0.172. The predicted molar refractivity (Wildman–Crippen MR) is 34.7 cm³/mol. The summed E-state index contributed by atoms with van der Waals surface area (Å²) in [7, 11) is 0. The van der Waals surface area contributed by atoms with Crippen LogP contribution < -0.4 is 0 Å². The Bertz CT molecular complexity index is 188. The van der Waals surface area contributed by atoms with E-state index in [1.807, 2.05) is 0 Å². The molecule has 0 saturated carbocycles. The van der Waals surface area contributed by atoms with Gasteiger partial charge in [-0.3, -0.25) is 4.84 Å². The quantitative estimate of drug-likeness (QED) is 0.639. The fraction of sp³-hybridized carbons (Fsp3) is 0.833. The van der Waals surface area contributed by atoms with Crippen molar-refractivity contribution in [2.24, 2.45) is 0 Å². The fourth-order valence-electron chi connectivity index (χ4n) is 0.807. The normalized spacial score (nSPS) is 17.6. The first-order valence-corrected chi connectivity index (χ1v) is 3.63. The predicted octanol–water partition coefficient (Wildman–Crippen LogP) is 1.32. The number of carbonyl (C=O) groups is 1. The summed E-state index contributed by atoms with van der Waals surface area (Å²) in [6, 6.07) is 0. The van der Waals surface area contributed by atoms with E-state index < -0.39 is 18.9 Å². The molecular weight excluding hydrogens is 191 g/mol. The molecule has 4 nitrogen and oxygen atoms in total.